The van der Waals surface area contributed by atoms with Crippen LogP contribution < -0.4 is 10.1 Å². The number of anilines is 1. The maximum Gasteiger partial charge on any atom is 0.226 e. The summed E-state index contributed by atoms with van der Waals surface area (Å²) in [6, 6.07) is 10.6. The number of rotatable bonds is 8. The van der Waals surface area contributed by atoms with E-state index in [1.165, 1.54) is 22.9 Å². The molecule has 0 radical (unpaired) electrons. The number of nitrogens with one attached hydrogen (secondary N) is 1. The standard InChI is InChI=1S/C27H38N4O3S/c1-4-31(5-2)27(33)22-7-6-12-29(17-22)16-21-8-10-25-23(15-21)18-30(13-14-34-25)19-24-9-11-26(35-24)28-20(3)32/h8-11,15,22H,4-7,12-14,16-19H2,1-3H3,(H,28,32)/t22-/m0/s1. The smallest absolute Gasteiger partial charge is 0.226 e. The molecule has 0 aliphatic carbocycles. The molecule has 1 aromatic heterocycles. The van der Waals surface area contributed by atoms with Gasteiger partial charge in [-0.25, -0.2) is 0 Å². The fourth-order valence-corrected chi connectivity index (χ4v) is 6.11. The highest BCUT2D eigenvalue weighted by atomic mass is 32.1. The molecule has 1 atom stereocenters. The molecule has 2 aliphatic heterocycles. The average Bonchev–Trinajstić information content (AvgIpc) is 3.16. The first-order chi connectivity index (χ1) is 16.9. The number of fused-ring (bicyclic) bond motifs is 1. The van der Waals surface area contributed by atoms with E-state index in [-0.39, 0.29) is 11.8 Å². The quantitative estimate of drug-likeness (QED) is 0.592. The summed E-state index contributed by atoms with van der Waals surface area (Å²) < 4.78 is 6.06. The van der Waals surface area contributed by atoms with Crippen LogP contribution in [0.2, 0.25) is 0 Å². The molecular weight excluding hydrogens is 460 g/mol. The number of carbonyl (C=O) groups is 2. The maximum atomic E-state index is 12.9. The van der Waals surface area contributed by atoms with Gasteiger partial charge in [0.2, 0.25) is 11.8 Å². The Morgan fingerprint density at radius 2 is 1.94 bits per heavy atom. The highest BCUT2D eigenvalue weighted by Crippen LogP contribution is 2.29. The number of amides is 2. The topological polar surface area (TPSA) is 65.1 Å². The molecule has 4 rings (SSSR count). The summed E-state index contributed by atoms with van der Waals surface area (Å²) in [6.07, 6.45) is 2.06. The first-order valence-electron chi connectivity index (χ1n) is 12.8. The van der Waals surface area contributed by atoms with Crippen LogP contribution in [-0.2, 0) is 29.2 Å². The summed E-state index contributed by atoms with van der Waals surface area (Å²) >= 11 is 1.62. The lowest BCUT2D eigenvalue weighted by atomic mass is 9.95. The van der Waals surface area contributed by atoms with Crippen molar-refractivity contribution in [1.82, 2.24) is 14.7 Å². The van der Waals surface area contributed by atoms with E-state index in [4.69, 9.17) is 4.74 Å². The zero-order valence-electron chi connectivity index (χ0n) is 21.2. The number of thiophene rings is 1. The van der Waals surface area contributed by atoms with Crippen molar-refractivity contribution in [3.8, 4) is 5.75 Å². The number of hydrogen-bond donors (Lipinski definition) is 1. The van der Waals surface area contributed by atoms with Crippen molar-refractivity contribution >= 4 is 28.2 Å². The Bertz CT molecular complexity index is 1020. The van der Waals surface area contributed by atoms with Gasteiger partial charge in [0.1, 0.15) is 12.4 Å². The highest BCUT2D eigenvalue weighted by Gasteiger charge is 2.28. The zero-order chi connectivity index (χ0) is 24.8. The Labute approximate surface area is 213 Å². The van der Waals surface area contributed by atoms with Gasteiger partial charge in [-0.1, -0.05) is 6.07 Å². The molecule has 35 heavy (non-hydrogen) atoms. The van der Waals surface area contributed by atoms with Crippen molar-refractivity contribution in [3.63, 3.8) is 0 Å². The third-order valence-corrected chi connectivity index (χ3v) is 7.85. The van der Waals surface area contributed by atoms with Crippen LogP contribution in [0.4, 0.5) is 5.00 Å². The maximum absolute atomic E-state index is 12.9. The van der Waals surface area contributed by atoms with Gasteiger partial charge in [-0.2, -0.15) is 0 Å². The monoisotopic (exact) mass is 498 g/mol. The van der Waals surface area contributed by atoms with Crippen molar-refractivity contribution < 1.29 is 14.3 Å². The van der Waals surface area contributed by atoms with E-state index in [9.17, 15) is 9.59 Å². The van der Waals surface area contributed by atoms with Crippen LogP contribution in [0.3, 0.4) is 0 Å². The largest absolute Gasteiger partial charge is 0.492 e. The minimum atomic E-state index is -0.0412. The number of nitrogens with zero attached hydrogens (tertiary/aromatic N) is 3. The second-order valence-corrected chi connectivity index (χ2v) is 10.7. The first-order valence-corrected chi connectivity index (χ1v) is 13.6. The molecule has 190 valence electrons. The normalized spacial score (nSPS) is 18.9. The van der Waals surface area contributed by atoms with E-state index >= 15 is 0 Å². The van der Waals surface area contributed by atoms with Crippen LogP contribution in [0.1, 0.15) is 49.6 Å². The van der Waals surface area contributed by atoms with Gasteiger partial charge in [0, 0.05) is 63.2 Å². The predicted molar refractivity (Wildman–Crippen MR) is 141 cm³/mol. The van der Waals surface area contributed by atoms with E-state index in [1.54, 1.807) is 11.3 Å². The highest BCUT2D eigenvalue weighted by molar-refractivity contribution is 7.16. The summed E-state index contributed by atoms with van der Waals surface area (Å²) in [4.78, 5) is 32.2. The second kappa shape index (κ2) is 12.0. The number of carbonyl (C=O) groups excluding carboxylic acids is 2. The van der Waals surface area contributed by atoms with Crippen LogP contribution >= 0.6 is 11.3 Å². The summed E-state index contributed by atoms with van der Waals surface area (Å²) in [5.74, 6) is 1.34. The van der Waals surface area contributed by atoms with Crippen molar-refractivity contribution in [3.05, 3.63) is 46.3 Å². The molecule has 0 spiro atoms. The molecule has 0 bridgehead atoms. The lowest BCUT2D eigenvalue weighted by molar-refractivity contribution is -0.137. The molecule has 7 nitrogen and oxygen atoms in total. The van der Waals surface area contributed by atoms with Gasteiger partial charge in [0.05, 0.1) is 10.9 Å². The van der Waals surface area contributed by atoms with E-state index < -0.39 is 0 Å². The first kappa shape index (κ1) is 25.7. The summed E-state index contributed by atoms with van der Waals surface area (Å²) in [5.41, 5.74) is 2.49. The van der Waals surface area contributed by atoms with Gasteiger partial charge in [0.25, 0.3) is 0 Å². The fourth-order valence-electron chi connectivity index (χ4n) is 5.11. The van der Waals surface area contributed by atoms with Crippen LogP contribution in [-0.4, -0.2) is 65.8 Å². The van der Waals surface area contributed by atoms with Gasteiger partial charge < -0.3 is 15.0 Å². The van der Waals surface area contributed by atoms with E-state index in [0.717, 1.165) is 76.0 Å². The van der Waals surface area contributed by atoms with Gasteiger partial charge >= 0.3 is 0 Å². The van der Waals surface area contributed by atoms with E-state index in [1.807, 2.05) is 11.0 Å². The Hall–Kier alpha value is -2.42. The summed E-state index contributed by atoms with van der Waals surface area (Å²) in [5, 5.41) is 3.76. The van der Waals surface area contributed by atoms with Crippen molar-refractivity contribution in [2.45, 2.75) is 53.2 Å². The summed E-state index contributed by atoms with van der Waals surface area (Å²) in [6.45, 7) is 13.1. The summed E-state index contributed by atoms with van der Waals surface area (Å²) in [7, 11) is 0. The second-order valence-electron chi connectivity index (χ2n) is 9.53. The molecule has 8 heteroatoms. The van der Waals surface area contributed by atoms with Crippen LogP contribution in [0.15, 0.2) is 30.3 Å². The fraction of sp³-hybridized carbons (Fsp3) is 0.556. The van der Waals surface area contributed by atoms with Gasteiger partial charge in [-0.15, -0.1) is 11.3 Å². The molecule has 2 aromatic rings. The minimum Gasteiger partial charge on any atom is -0.492 e. The molecule has 2 aliphatic rings. The van der Waals surface area contributed by atoms with Crippen molar-refractivity contribution in [2.24, 2.45) is 5.92 Å². The number of ether oxygens (including phenoxy) is 1. The predicted octanol–water partition coefficient (Wildman–Crippen LogP) is 4.18. The Kier molecular flexibility index (Phi) is 8.81. The molecule has 3 heterocycles. The van der Waals surface area contributed by atoms with Crippen LogP contribution in [0, 0.1) is 5.92 Å². The van der Waals surface area contributed by atoms with E-state index in [0.29, 0.717) is 12.5 Å². The zero-order valence-corrected chi connectivity index (χ0v) is 22.0. The van der Waals surface area contributed by atoms with Crippen LogP contribution in [0.5, 0.6) is 5.75 Å². The Morgan fingerprint density at radius 1 is 1.11 bits per heavy atom. The molecule has 0 saturated carbocycles. The number of hydrogen-bond acceptors (Lipinski definition) is 6. The Balaban J connectivity index is 1.39. The molecule has 1 saturated heterocycles. The third-order valence-electron chi connectivity index (χ3n) is 6.86. The lowest BCUT2D eigenvalue weighted by Gasteiger charge is -2.34. The molecule has 2 amide bonds. The van der Waals surface area contributed by atoms with E-state index in [2.05, 4.69) is 53.2 Å². The molecule has 1 aromatic carbocycles. The van der Waals surface area contributed by atoms with Gasteiger partial charge in [0.15, 0.2) is 0 Å². The minimum absolute atomic E-state index is 0.0412. The molecular formula is C27H38N4O3S. The molecule has 1 N–H and O–H groups in total. The lowest BCUT2D eigenvalue weighted by Crippen LogP contribution is -2.44. The van der Waals surface area contributed by atoms with Gasteiger partial charge in [-0.05, 0) is 63.1 Å². The molecule has 1 fully saturated rings. The average molecular weight is 499 g/mol. The number of likely N-dealkylation sites (tertiary alicyclic amines) is 1. The SMILES string of the molecule is CCN(CC)C(=O)[C@H]1CCCN(Cc2ccc3c(c2)CN(Cc2ccc(NC(C)=O)s2)CCO3)C1. The third kappa shape index (κ3) is 6.84. The van der Waals surface area contributed by atoms with Crippen molar-refractivity contribution in [2.75, 3.05) is 44.6 Å². The van der Waals surface area contributed by atoms with Gasteiger partial charge in [-0.3, -0.25) is 19.4 Å². The Morgan fingerprint density at radius 3 is 2.71 bits per heavy atom. The number of benzene rings is 1. The number of piperidine rings is 1. The van der Waals surface area contributed by atoms with Crippen molar-refractivity contribution in [1.29, 1.82) is 0 Å². The van der Waals surface area contributed by atoms with Crippen LogP contribution in [0.25, 0.3) is 0 Å². The molecule has 0 unspecified atom stereocenters.